The number of aromatic nitrogens is 3. The van der Waals surface area contributed by atoms with E-state index < -0.39 is 0 Å². The number of hydrogen-bond donors (Lipinski definition) is 2. The van der Waals surface area contributed by atoms with Crippen molar-refractivity contribution < 1.29 is 23.7 Å². The molecule has 0 aliphatic carbocycles. The Hall–Kier alpha value is -4.84. The third-order valence-corrected chi connectivity index (χ3v) is 10.3. The first kappa shape index (κ1) is 36.5. The van der Waals surface area contributed by atoms with Crippen LogP contribution in [-0.2, 0) is 34.4 Å². The molecule has 276 valence electrons. The van der Waals surface area contributed by atoms with E-state index in [4.69, 9.17) is 29.8 Å². The second kappa shape index (κ2) is 17.3. The van der Waals surface area contributed by atoms with E-state index in [0.29, 0.717) is 50.0 Å². The Bertz CT molecular complexity index is 2150. The average Bonchev–Trinajstić information content (AvgIpc) is 3.77. The van der Waals surface area contributed by atoms with Gasteiger partial charge in [0.2, 0.25) is 0 Å². The van der Waals surface area contributed by atoms with Crippen LogP contribution in [0.1, 0.15) is 47.2 Å². The van der Waals surface area contributed by atoms with Crippen LogP contribution in [0.3, 0.4) is 0 Å². The first-order valence-corrected chi connectivity index (χ1v) is 19.5. The molecule has 0 saturated carbocycles. The molecule has 0 radical (unpaired) electrons. The summed E-state index contributed by atoms with van der Waals surface area (Å²) >= 11 is 3.68. The number of carbonyl (C=O) groups excluding carboxylic acids is 1. The number of alkyl halides is 1. The summed E-state index contributed by atoms with van der Waals surface area (Å²) in [6.07, 6.45) is 2.03. The highest BCUT2D eigenvalue weighted by molar-refractivity contribution is 9.08. The van der Waals surface area contributed by atoms with Gasteiger partial charge in [-0.15, -0.1) is 0 Å². The zero-order valence-corrected chi connectivity index (χ0v) is 31.7. The standard InChI is InChI=1S/C42H46BrN5O5/c1-2-51-42(49)41-34(14-7-24-52-38-15-5-10-29-9-3-4-11-32(29)38)33-12-6-13-35(40(33)48(41)21-8-20-44)39-36(27-43)45-46-37(39)28-53-31-18-16-30(17-19-31)47-22-25-50-26-23-47/h3-6,9-13,15-19H,2,7-8,14,20-28,44H2,1H3,(H,45,46). The molecule has 0 unspecified atom stereocenters. The number of rotatable bonds is 16. The third-order valence-electron chi connectivity index (χ3n) is 9.73. The number of esters is 1. The van der Waals surface area contributed by atoms with Crippen molar-refractivity contribution in [2.45, 2.75) is 44.7 Å². The van der Waals surface area contributed by atoms with E-state index in [2.05, 4.69) is 79.0 Å². The number of halogens is 1. The summed E-state index contributed by atoms with van der Waals surface area (Å²) in [7, 11) is 0. The number of H-pyrrole nitrogens is 1. The highest BCUT2D eigenvalue weighted by atomic mass is 79.9. The number of anilines is 1. The molecule has 1 fully saturated rings. The third kappa shape index (κ3) is 7.93. The van der Waals surface area contributed by atoms with E-state index in [1.807, 2.05) is 43.3 Å². The van der Waals surface area contributed by atoms with Crippen LogP contribution in [0.15, 0.2) is 84.9 Å². The van der Waals surface area contributed by atoms with Crippen molar-refractivity contribution in [3.8, 4) is 22.6 Å². The molecule has 53 heavy (non-hydrogen) atoms. The zero-order chi connectivity index (χ0) is 36.6. The van der Waals surface area contributed by atoms with Crippen molar-refractivity contribution in [1.82, 2.24) is 14.8 Å². The van der Waals surface area contributed by atoms with Crippen LogP contribution in [0.5, 0.6) is 11.5 Å². The van der Waals surface area contributed by atoms with Crippen LogP contribution in [0.25, 0.3) is 32.8 Å². The van der Waals surface area contributed by atoms with Crippen molar-refractivity contribution in [3.05, 3.63) is 108 Å². The molecule has 0 spiro atoms. The second-order valence-corrected chi connectivity index (χ2v) is 13.6. The van der Waals surface area contributed by atoms with Gasteiger partial charge in [0.15, 0.2) is 0 Å². The number of aromatic amines is 1. The number of nitrogens with one attached hydrogen (secondary N) is 1. The number of ether oxygens (including phenoxy) is 4. The Kier molecular flexibility index (Phi) is 11.9. The molecule has 1 saturated heterocycles. The minimum Gasteiger partial charge on any atom is -0.493 e. The van der Waals surface area contributed by atoms with Gasteiger partial charge in [-0.25, -0.2) is 4.79 Å². The number of morpholine rings is 1. The van der Waals surface area contributed by atoms with Gasteiger partial charge in [-0.3, -0.25) is 5.10 Å². The normalized spacial score (nSPS) is 13.2. The molecule has 10 nitrogen and oxygen atoms in total. The summed E-state index contributed by atoms with van der Waals surface area (Å²) in [5.41, 5.74) is 13.3. The molecule has 0 atom stereocenters. The molecule has 6 aromatic rings. The minimum absolute atomic E-state index is 0.276. The molecule has 0 amide bonds. The van der Waals surface area contributed by atoms with Gasteiger partial charge in [0.25, 0.3) is 0 Å². The number of fused-ring (bicyclic) bond motifs is 2. The van der Waals surface area contributed by atoms with E-state index in [1.165, 1.54) is 0 Å². The maximum atomic E-state index is 13.8. The molecular formula is C42H46BrN5O5. The zero-order valence-electron chi connectivity index (χ0n) is 30.1. The van der Waals surface area contributed by atoms with E-state index in [0.717, 1.165) is 93.2 Å². The highest BCUT2D eigenvalue weighted by Crippen LogP contribution is 2.39. The number of nitrogens with two attached hydrogens (primary N) is 1. The molecule has 3 N–H and O–H groups in total. The molecule has 2 aromatic heterocycles. The fraction of sp³-hybridized carbons (Fsp3) is 0.333. The number of para-hydroxylation sites is 1. The monoisotopic (exact) mass is 779 g/mol. The Morgan fingerprint density at radius 3 is 2.51 bits per heavy atom. The maximum absolute atomic E-state index is 13.8. The van der Waals surface area contributed by atoms with Gasteiger partial charge in [-0.2, -0.15) is 5.10 Å². The molecule has 3 heterocycles. The summed E-state index contributed by atoms with van der Waals surface area (Å²) in [5.74, 6) is 1.28. The van der Waals surface area contributed by atoms with E-state index in [1.54, 1.807) is 0 Å². The predicted octanol–water partition coefficient (Wildman–Crippen LogP) is 8.03. The van der Waals surface area contributed by atoms with E-state index in [9.17, 15) is 4.79 Å². The highest BCUT2D eigenvalue weighted by Gasteiger charge is 2.27. The van der Waals surface area contributed by atoms with Crippen molar-refractivity contribution in [2.75, 3.05) is 51.0 Å². The number of aryl methyl sites for hydroxylation is 2. The lowest BCUT2D eigenvalue weighted by Crippen LogP contribution is -2.36. The Labute approximate surface area is 318 Å². The smallest absolute Gasteiger partial charge is 0.355 e. The number of hydrogen-bond acceptors (Lipinski definition) is 8. The van der Waals surface area contributed by atoms with Crippen LogP contribution in [0.2, 0.25) is 0 Å². The number of carbonyl (C=O) groups is 1. The summed E-state index contributed by atoms with van der Waals surface area (Å²) in [5, 5.41) is 11.7. The van der Waals surface area contributed by atoms with Gasteiger partial charge in [-0.05, 0) is 74.0 Å². The van der Waals surface area contributed by atoms with Crippen LogP contribution < -0.4 is 20.1 Å². The summed E-state index contributed by atoms with van der Waals surface area (Å²) in [6, 6.07) is 28.8. The van der Waals surface area contributed by atoms with Crippen molar-refractivity contribution in [1.29, 1.82) is 0 Å². The van der Waals surface area contributed by atoms with Crippen LogP contribution >= 0.6 is 15.9 Å². The fourth-order valence-corrected chi connectivity index (χ4v) is 7.67. The van der Waals surface area contributed by atoms with Crippen molar-refractivity contribution in [2.24, 2.45) is 5.73 Å². The fourth-order valence-electron chi connectivity index (χ4n) is 7.26. The molecule has 1 aliphatic rings. The molecule has 1 aliphatic heterocycles. The van der Waals surface area contributed by atoms with Gasteiger partial charge in [-0.1, -0.05) is 70.5 Å². The van der Waals surface area contributed by atoms with Gasteiger partial charge >= 0.3 is 5.97 Å². The quantitative estimate of drug-likeness (QED) is 0.0577. The maximum Gasteiger partial charge on any atom is 0.355 e. The SMILES string of the molecule is CCOC(=O)c1c(CCCOc2cccc3ccccc23)c2cccc(-c3c(CBr)n[nH]c3COc3ccc(N4CCOCC4)cc3)c2n1CCCN. The molecular weight excluding hydrogens is 734 g/mol. The molecule has 7 rings (SSSR count). The van der Waals surface area contributed by atoms with Gasteiger partial charge in [0, 0.05) is 52.6 Å². The lowest BCUT2D eigenvalue weighted by atomic mass is 9.98. The largest absolute Gasteiger partial charge is 0.493 e. The number of nitrogens with zero attached hydrogens (tertiary/aromatic N) is 3. The average molecular weight is 781 g/mol. The first-order valence-electron chi connectivity index (χ1n) is 18.4. The van der Waals surface area contributed by atoms with Crippen molar-refractivity contribution in [3.63, 3.8) is 0 Å². The second-order valence-electron chi connectivity index (χ2n) is 13.0. The Balaban J connectivity index is 1.21. The van der Waals surface area contributed by atoms with Gasteiger partial charge < -0.3 is 34.1 Å². The molecule has 11 heteroatoms. The minimum atomic E-state index is -0.339. The summed E-state index contributed by atoms with van der Waals surface area (Å²) < 4.78 is 26.0. The Morgan fingerprint density at radius 2 is 1.72 bits per heavy atom. The van der Waals surface area contributed by atoms with Crippen LogP contribution in [-0.4, -0.2) is 66.8 Å². The first-order chi connectivity index (χ1) is 26.1. The topological polar surface area (TPSA) is 117 Å². The van der Waals surface area contributed by atoms with Gasteiger partial charge in [0.05, 0.1) is 43.3 Å². The lowest BCUT2D eigenvalue weighted by molar-refractivity contribution is 0.0512. The summed E-state index contributed by atoms with van der Waals surface area (Å²) in [4.78, 5) is 16.2. The van der Waals surface area contributed by atoms with Gasteiger partial charge in [0.1, 0.15) is 23.8 Å². The van der Waals surface area contributed by atoms with Crippen molar-refractivity contribution >= 4 is 49.3 Å². The van der Waals surface area contributed by atoms with Crippen LogP contribution in [0.4, 0.5) is 5.69 Å². The molecule has 0 bridgehead atoms. The predicted molar refractivity (Wildman–Crippen MR) is 213 cm³/mol. The Morgan fingerprint density at radius 1 is 0.943 bits per heavy atom. The lowest BCUT2D eigenvalue weighted by Gasteiger charge is -2.28. The molecule has 4 aromatic carbocycles. The number of benzene rings is 4. The van der Waals surface area contributed by atoms with E-state index in [-0.39, 0.29) is 19.2 Å². The van der Waals surface area contributed by atoms with Crippen LogP contribution in [0, 0.1) is 0 Å². The summed E-state index contributed by atoms with van der Waals surface area (Å²) in [6.45, 7) is 7.18. The van der Waals surface area contributed by atoms with E-state index >= 15 is 0 Å².